The molecule has 3 aromatic rings. The highest BCUT2D eigenvalue weighted by Crippen LogP contribution is 2.16. The van der Waals surface area contributed by atoms with Gasteiger partial charge >= 0.3 is 0 Å². The number of nitrogens with zero attached hydrogens (tertiary/aromatic N) is 2. The maximum atomic E-state index is 9.24. The van der Waals surface area contributed by atoms with E-state index in [1.54, 1.807) is 6.26 Å². The summed E-state index contributed by atoms with van der Waals surface area (Å²) in [4.78, 5) is 0. The van der Waals surface area contributed by atoms with Gasteiger partial charge in [0.2, 0.25) is 0 Å². The number of benzene rings is 1. The van der Waals surface area contributed by atoms with Crippen molar-refractivity contribution in [3.05, 3.63) is 83.6 Å². The maximum Gasteiger partial charge on any atom is 0.120 e. The Balaban J connectivity index is 1.92. The lowest BCUT2D eigenvalue weighted by molar-refractivity contribution is 0.515. The van der Waals surface area contributed by atoms with Gasteiger partial charge in [0.05, 0.1) is 6.26 Å². The topological polar surface area (TPSA) is 41.9 Å². The van der Waals surface area contributed by atoms with E-state index in [0.717, 1.165) is 11.5 Å². The molecule has 2 aromatic heterocycles. The third-order valence-corrected chi connectivity index (χ3v) is 3.30. The zero-order valence-corrected chi connectivity index (χ0v) is 11.0. The molecule has 0 atom stereocenters. The summed E-state index contributed by atoms with van der Waals surface area (Å²) >= 11 is 0. The molecule has 0 saturated carbocycles. The molecule has 3 nitrogen and oxygen atoms in total. The highest BCUT2D eigenvalue weighted by molar-refractivity contribution is 5.31. The molecule has 0 aliphatic rings. The Morgan fingerprint density at radius 2 is 1.85 bits per heavy atom. The van der Waals surface area contributed by atoms with Crippen LogP contribution in [0.4, 0.5) is 0 Å². The van der Waals surface area contributed by atoms with Gasteiger partial charge in [0, 0.05) is 18.7 Å². The lowest BCUT2D eigenvalue weighted by Gasteiger charge is -2.10. The number of nitriles is 1. The molecule has 1 aromatic carbocycles. The molecule has 0 amide bonds. The number of hydrogen-bond donors (Lipinski definition) is 0. The summed E-state index contributed by atoms with van der Waals surface area (Å²) in [5.41, 5.74) is 2.94. The lowest BCUT2D eigenvalue weighted by Crippen LogP contribution is -2.06. The smallest absolute Gasteiger partial charge is 0.120 e. The quantitative estimate of drug-likeness (QED) is 0.721. The Kier molecular flexibility index (Phi) is 3.38. The number of aromatic nitrogens is 1. The van der Waals surface area contributed by atoms with Crippen LogP contribution in [0.1, 0.15) is 22.7 Å². The van der Waals surface area contributed by atoms with Crippen molar-refractivity contribution in [2.45, 2.75) is 13.0 Å². The molecule has 0 radical (unpaired) electrons. The molecule has 0 N–H and O–H groups in total. The van der Waals surface area contributed by atoms with Crippen LogP contribution in [0.5, 0.6) is 0 Å². The van der Waals surface area contributed by atoms with Gasteiger partial charge in [-0.15, -0.1) is 0 Å². The summed E-state index contributed by atoms with van der Waals surface area (Å²) in [5.74, 6) is 0.905. The average molecular weight is 262 g/mol. The molecule has 0 aliphatic heterocycles. The van der Waals surface area contributed by atoms with E-state index in [1.165, 1.54) is 5.56 Å². The molecule has 2 heterocycles. The molecule has 98 valence electrons. The van der Waals surface area contributed by atoms with E-state index >= 15 is 0 Å². The van der Waals surface area contributed by atoms with Crippen LogP contribution in [0.25, 0.3) is 0 Å². The fourth-order valence-corrected chi connectivity index (χ4v) is 2.31. The fourth-order valence-electron chi connectivity index (χ4n) is 2.31. The van der Waals surface area contributed by atoms with Crippen LogP contribution < -0.4 is 0 Å². The Labute approximate surface area is 117 Å². The first kappa shape index (κ1) is 12.3. The molecule has 0 aliphatic carbocycles. The Bertz CT molecular complexity index is 718. The van der Waals surface area contributed by atoms with Gasteiger partial charge in [0.15, 0.2) is 0 Å². The van der Waals surface area contributed by atoms with Crippen molar-refractivity contribution < 1.29 is 4.42 Å². The molecule has 3 heteroatoms. The van der Waals surface area contributed by atoms with Crippen LogP contribution in [0.3, 0.4) is 0 Å². The predicted molar refractivity (Wildman–Crippen MR) is 76.2 cm³/mol. The van der Waals surface area contributed by atoms with Crippen LogP contribution in [-0.4, -0.2) is 4.57 Å². The second-order valence-electron chi connectivity index (χ2n) is 4.65. The number of furan rings is 1. The second-order valence-corrected chi connectivity index (χ2v) is 4.65. The first-order valence-electron chi connectivity index (χ1n) is 6.51. The minimum atomic E-state index is 0.676. The van der Waals surface area contributed by atoms with Crippen LogP contribution in [0, 0.1) is 11.3 Å². The van der Waals surface area contributed by atoms with Gasteiger partial charge in [-0.05, 0) is 29.8 Å². The normalized spacial score (nSPS) is 10.3. The minimum Gasteiger partial charge on any atom is -0.469 e. The molecule has 0 fully saturated rings. The van der Waals surface area contributed by atoms with Gasteiger partial charge in [-0.3, -0.25) is 0 Å². The molecule has 0 bridgehead atoms. The SMILES string of the molecule is N#Cc1ccc(Cc2ccco2)n1Cc1ccccc1. The molecule has 0 saturated heterocycles. The van der Waals surface area contributed by atoms with E-state index in [4.69, 9.17) is 4.42 Å². The molecule has 20 heavy (non-hydrogen) atoms. The summed E-state index contributed by atoms with van der Waals surface area (Å²) in [6, 6.07) is 20.1. The summed E-state index contributed by atoms with van der Waals surface area (Å²) in [5, 5.41) is 9.24. The van der Waals surface area contributed by atoms with E-state index in [1.807, 2.05) is 47.0 Å². The van der Waals surface area contributed by atoms with Gasteiger partial charge in [0.25, 0.3) is 0 Å². The maximum absolute atomic E-state index is 9.24. The first-order chi connectivity index (χ1) is 9.86. The second kappa shape index (κ2) is 5.50. The summed E-state index contributed by atoms with van der Waals surface area (Å²) in [6.07, 6.45) is 2.37. The third-order valence-electron chi connectivity index (χ3n) is 3.30. The molecule has 0 unspecified atom stereocenters. The number of rotatable bonds is 4. The van der Waals surface area contributed by atoms with Gasteiger partial charge < -0.3 is 8.98 Å². The molecular formula is C17H14N2O. The Morgan fingerprint density at radius 3 is 2.55 bits per heavy atom. The van der Waals surface area contributed by atoms with Crippen LogP contribution >= 0.6 is 0 Å². The molecule has 3 rings (SSSR count). The van der Waals surface area contributed by atoms with Crippen LogP contribution in [0.15, 0.2) is 65.3 Å². The molecular weight excluding hydrogens is 248 g/mol. The fraction of sp³-hybridized carbons (Fsp3) is 0.118. The largest absolute Gasteiger partial charge is 0.469 e. The lowest BCUT2D eigenvalue weighted by atomic mass is 10.2. The zero-order chi connectivity index (χ0) is 13.8. The van der Waals surface area contributed by atoms with E-state index < -0.39 is 0 Å². The van der Waals surface area contributed by atoms with Crippen molar-refractivity contribution in [3.8, 4) is 6.07 Å². The Hall–Kier alpha value is -2.73. The van der Waals surface area contributed by atoms with E-state index in [-0.39, 0.29) is 0 Å². The Morgan fingerprint density at radius 1 is 1.00 bits per heavy atom. The average Bonchev–Trinajstić information content (AvgIpc) is 3.11. The highest BCUT2D eigenvalue weighted by Gasteiger charge is 2.10. The third kappa shape index (κ3) is 2.50. The number of hydrogen-bond acceptors (Lipinski definition) is 2. The summed E-state index contributed by atoms with van der Waals surface area (Å²) in [7, 11) is 0. The zero-order valence-electron chi connectivity index (χ0n) is 11.0. The standard InChI is InChI=1S/C17H14N2O/c18-12-16-9-8-15(11-17-7-4-10-20-17)19(16)13-14-5-2-1-3-6-14/h1-10H,11,13H2. The minimum absolute atomic E-state index is 0.676. The van der Waals surface area contributed by atoms with Crippen LogP contribution in [0.2, 0.25) is 0 Å². The van der Waals surface area contributed by atoms with Crippen molar-refractivity contribution in [2.75, 3.05) is 0 Å². The van der Waals surface area contributed by atoms with Crippen molar-refractivity contribution in [1.29, 1.82) is 5.26 Å². The predicted octanol–water partition coefficient (Wildman–Crippen LogP) is 3.59. The highest BCUT2D eigenvalue weighted by atomic mass is 16.3. The van der Waals surface area contributed by atoms with Crippen molar-refractivity contribution in [2.24, 2.45) is 0 Å². The van der Waals surface area contributed by atoms with Gasteiger partial charge in [-0.1, -0.05) is 30.3 Å². The summed E-state index contributed by atoms with van der Waals surface area (Å²) < 4.78 is 7.43. The van der Waals surface area contributed by atoms with Crippen LogP contribution in [-0.2, 0) is 13.0 Å². The van der Waals surface area contributed by atoms with E-state index in [0.29, 0.717) is 18.7 Å². The van der Waals surface area contributed by atoms with Crippen molar-refractivity contribution in [3.63, 3.8) is 0 Å². The summed E-state index contributed by atoms with van der Waals surface area (Å²) in [6.45, 7) is 0.701. The van der Waals surface area contributed by atoms with E-state index in [2.05, 4.69) is 18.2 Å². The van der Waals surface area contributed by atoms with Crippen molar-refractivity contribution in [1.82, 2.24) is 4.57 Å². The van der Waals surface area contributed by atoms with Gasteiger partial charge in [0.1, 0.15) is 17.5 Å². The van der Waals surface area contributed by atoms with Crippen molar-refractivity contribution >= 4 is 0 Å². The van der Waals surface area contributed by atoms with Gasteiger partial charge in [-0.2, -0.15) is 5.26 Å². The monoisotopic (exact) mass is 262 g/mol. The van der Waals surface area contributed by atoms with E-state index in [9.17, 15) is 5.26 Å². The molecule has 0 spiro atoms. The first-order valence-corrected chi connectivity index (χ1v) is 6.51. The van der Waals surface area contributed by atoms with Gasteiger partial charge in [-0.25, -0.2) is 0 Å².